The van der Waals surface area contributed by atoms with Crippen molar-refractivity contribution in [2.75, 3.05) is 12.3 Å². The zero-order chi connectivity index (χ0) is 14.7. The van der Waals surface area contributed by atoms with Gasteiger partial charge in [0.1, 0.15) is 5.60 Å². The Balaban J connectivity index is 1.82. The number of thioether (sulfide) groups is 1. The van der Waals surface area contributed by atoms with Gasteiger partial charge in [0.2, 0.25) is 0 Å². The van der Waals surface area contributed by atoms with Crippen LogP contribution in [0.3, 0.4) is 0 Å². The van der Waals surface area contributed by atoms with Crippen LogP contribution in [-0.4, -0.2) is 32.0 Å². The Labute approximate surface area is 126 Å². The Morgan fingerprint density at radius 1 is 1.10 bits per heavy atom. The zero-order valence-electron chi connectivity index (χ0n) is 11.4. The molecule has 0 radical (unpaired) electrons. The van der Waals surface area contributed by atoms with E-state index in [1.165, 1.54) is 11.8 Å². The highest BCUT2D eigenvalue weighted by atomic mass is 32.2. The number of nitrogens with zero attached hydrogens (tertiary/aromatic N) is 3. The highest BCUT2D eigenvalue weighted by molar-refractivity contribution is 7.99. The number of benzene rings is 1. The van der Waals surface area contributed by atoms with Gasteiger partial charge in [0.05, 0.1) is 0 Å². The second-order valence-electron chi connectivity index (χ2n) is 4.80. The van der Waals surface area contributed by atoms with Gasteiger partial charge >= 0.3 is 0 Å². The van der Waals surface area contributed by atoms with Crippen molar-refractivity contribution >= 4 is 17.4 Å². The van der Waals surface area contributed by atoms with Gasteiger partial charge < -0.3 is 10.8 Å². The van der Waals surface area contributed by atoms with E-state index in [0.29, 0.717) is 5.75 Å². The van der Waals surface area contributed by atoms with Crippen LogP contribution in [0.4, 0.5) is 0 Å². The number of rotatable bonds is 5. The average Bonchev–Trinajstić information content (AvgIpc) is 2.97. The van der Waals surface area contributed by atoms with Crippen LogP contribution in [0.25, 0.3) is 5.65 Å². The molecular weight excluding hydrogens is 284 g/mol. The zero-order valence-corrected chi connectivity index (χ0v) is 12.2. The van der Waals surface area contributed by atoms with Crippen molar-refractivity contribution in [3.63, 3.8) is 0 Å². The normalized spacial score (nSPS) is 14.2. The fourth-order valence-electron chi connectivity index (χ4n) is 2.11. The van der Waals surface area contributed by atoms with Crippen molar-refractivity contribution in [3.05, 3.63) is 60.3 Å². The standard InChI is InChI=1S/C15H16N4OS/c16-10-15(20,12-6-2-1-3-7-12)11-21-14-18-17-13-8-4-5-9-19(13)14/h1-9,20H,10-11,16H2. The van der Waals surface area contributed by atoms with Gasteiger partial charge in [0.15, 0.2) is 10.8 Å². The summed E-state index contributed by atoms with van der Waals surface area (Å²) in [5, 5.41) is 19.8. The molecular formula is C15H16N4OS. The average molecular weight is 300 g/mol. The number of aromatic nitrogens is 3. The fourth-order valence-corrected chi connectivity index (χ4v) is 3.15. The van der Waals surface area contributed by atoms with Gasteiger partial charge in [-0.15, -0.1) is 10.2 Å². The molecule has 3 aromatic rings. The maximum Gasteiger partial charge on any atom is 0.195 e. The van der Waals surface area contributed by atoms with Crippen molar-refractivity contribution in [2.24, 2.45) is 5.73 Å². The van der Waals surface area contributed by atoms with E-state index in [1.807, 2.05) is 59.1 Å². The minimum absolute atomic E-state index is 0.154. The lowest BCUT2D eigenvalue weighted by atomic mass is 9.96. The molecule has 6 heteroatoms. The van der Waals surface area contributed by atoms with E-state index in [2.05, 4.69) is 10.2 Å². The monoisotopic (exact) mass is 300 g/mol. The van der Waals surface area contributed by atoms with Gasteiger partial charge in [-0.2, -0.15) is 0 Å². The quantitative estimate of drug-likeness (QED) is 0.701. The number of hydrogen-bond donors (Lipinski definition) is 2. The maximum atomic E-state index is 10.8. The summed E-state index contributed by atoms with van der Waals surface area (Å²) in [4.78, 5) is 0. The third kappa shape index (κ3) is 2.78. The molecule has 1 aromatic carbocycles. The lowest BCUT2D eigenvalue weighted by molar-refractivity contribution is 0.0720. The van der Waals surface area contributed by atoms with Crippen LogP contribution >= 0.6 is 11.8 Å². The Kier molecular flexibility index (Phi) is 3.92. The van der Waals surface area contributed by atoms with Crippen molar-refractivity contribution in [3.8, 4) is 0 Å². The summed E-state index contributed by atoms with van der Waals surface area (Å²) in [6.45, 7) is 0.154. The van der Waals surface area contributed by atoms with E-state index in [1.54, 1.807) is 0 Å². The first kappa shape index (κ1) is 14.1. The first-order chi connectivity index (χ1) is 10.2. The SMILES string of the molecule is NCC(O)(CSc1nnc2ccccn12)c1ccccc1. The highest BCUT2D eigenvalue weighted by Gasteiger charge is 2.28. The molecule has 3 N–H and O–H groups in total. The number of hydrogen-bond acceptors (Lipinski definition) is 5. The molecule has 1 atom stereocenters. The predicted octanol–water partition coefficient (Wildman–Crippen LogP) is 1.67. The van der Waals surface area contributed by atoms with Gasteiger partial charge in [-0.1, -0.05) is 48.2 Å². The highest BCUT2D eigenvalue weighted by Crippen LogP contribution is 2.28. The Hall–Kier alpha value is -1.89. The number of fused-ring (bicyclic) bond motifs is 1. The summed E-state index contributed by atoms with van der Waals surface area (Å²) in [5.74, 6) is 0.420. The summed E-state index contributed by atoms with van der Waals surface area (Å²) >= 11 is 1.44. The van der Waals surface area contributed by atoms with Crippen LogP contribution in [0.5, 0.6) is 0 Å². The van der Waals surface area contributed by atoms with Gasteiger partial charge in [-0.25, -0.2) is 0 Å². The summed E-state index contributed by atoms with van der Waals surface area (Å²) in [6, 6.07) is 15.2. The van der Waals surface area contributed by atoms with Gasteiger partial charge in [-0.05, 0) is 17.7 Å². The third-order valence-corrected chi connectivity index (χ3v) is 4.53. The molecule has 21 heavy (non-hydrogen) atoms. The summed E-state index contributed by atoms with van der Waals surface area (Å²) in [7, 11) is 0. The van der Waals surface area contributed by atoms with Gasteiger partial charge in [0.25, 0.3) is 0 Å². The van der Waals surface area contributed by atoms with Gasteiger partial charge in [0, 0.05) is 18.5 Å². The molecule has 0 fully saturated rings. The van der Waals surface area contributed by atoms with Crippen molar-refractivity contribution in [2.45, 2.75) is 10.8 Å². The first-order valence-electron chi connectivity index (χ1n) is 6.63. The first-order valence-corrected chi connectivity index (χ1v) is 7.62. The molecule has 0 saturated heterocycles. The number of pyridine rings is 1. The number of nitrogens with two attached hydrogens (primary N) is 1. The molecule has 0 aliphatic rings. The van der Waals surface area contributed by atoms with Crippen molar-refractivity contribution in [1.82, 2.24) is 14.6 Å². The second kappa shape index (κ2) is 5.85. The molecule has 0 aliphatic heterocycles. The van der Waals surface area contributed by atoms with E-state index in [0.717, 1.165) is 16.4 Å². The van der Waals surface area contributed by atoms with Crippen LogP contribution in [0.15, 0.2) is 59.9 Å². The van der Waals surface area contributed by atoms with E-state index >= 15 is 0 Å². The molecule has 0 spiro atoms. The van der Waals surface area contributed by atoms with E-state index in [9.17, 15) is 5.11 Å². The van der Waals surface area contributed by atoms with E-state index < -0.39 is 5.60 Å². The minimum atomic E-state index is -1.08. The van der Waals surface area contributed by atoms with Gasteiger partial charge in [-0.3, -0.25) is 4.40 Å². The number of aliphatic hydroxyl groups is 1. The third-order valence-electron chi connectivity index (χ3n) is 3.37. The van der Waals surface area contributed by atoms with Crippen LogP contribution in [0, 0.1) is 0 Å². The van der Waals surface area contributed by atoms with Crippen molar-refractivity contribution in [1.29, 1.82) is 0 Å². The van der Waals surface area contributed by atoms with E-state index in [-0.39, 0.29) is 6.54 Å². The fraction of sp³-hybridized carbons (Fsp3) is 0.200. The molecule has 0 bridgehead atoms. The summed E-state index contributed by atoms with van der Waals surface area (Å²) < 4.78 is 1.90. The smallest absolute Gasteiger partial charge is 0.195 e. The van der Waals surface area contributed by atoms with Crippen LogP contribution < -0.4 is 5.73 Å². The van der Waals surface area contributed by atoms with Crippen LogP contribution in [0.2, 0.25) is 0 Å². The molecule has 108 valence electrons. The lowest BCUT2D eigenvalue weighted by Crippen LogP contribution is -2.37. The molecule has 2 heterocycles. The Morgan fingerprint density at radius 2 is 1.86 bits per heavy atom. The molecule has 0 aliphatic carbocycles. The Bertz CT molecular complexity index is 731. The van der Waals surface area contributed by atoms with Crippen LogP contribution in [0.1, 0.15) is 5.56 Å². The Morgan fingerprint density at radius 3 is 2.62 bits per heavy atom. The summed E-state index contributed by atoms with van der Waals surface area (Å²) in [6.07, 6.45) is 1.90. The summed E-state index contributed by atoms with van der Waals surface area (Å²) in [5.41, 5.74) is 6.31. The van der Waals surface area contributed by atoms with Crippen LogP contribution in [-0.2, 0) is 5.60 Å². The molecule has 0 saturated carbocycles. The largest absolute Gasteiger partial charge is 0.383 e. The second-order valence-corrected chi connectivity index (χ2v) is 5.74. The van der Waals surface area contributed by atoms with E-state index in [4.69, 9.17) is 5.73 Å². The molecule has 5 nitrogen and oxygen atoms in total. The lowest BCUT2D eigenvalue weighted by Gasteiger charge is -2.26. The maximum absolute atomic E-state index is 10.8. The molecule has 2 aromatic heterocycles. The van der Waals surface area contributed by atoms with Crippen molar-refractivity contribution < 1.29 is 5.11 Å². The predicted molar refractivity (Wildman–Crippen MR) is 83.1 cm³/mol. The molecule has 1 unspecified atom stereocenters. The molecule has 3 rings (SSSR count). The molecule has 0 amide bonds. The topological polar surface area (TPSA) is 76.4 Å². The minimum Gasteiger partial charge on any atom is -0.383 e.